The molecule has 3 aromatic heterocycles. The predicted octanol–water partition coefficient (Wildman–Crippen LogP) is 2.73. The van der Waals surface area contributed by atoms with Gasteiger partial charge in [0.25, 0.3) is 15.9 Å². The minimum Gasteiger partial charge on any atom is -0.470 e. The highest BCUT2D eigenvalue weighted by atomic mass is 32.2. The summed E-state index contributed by atoms with van der Waals surface area (Å²) in [6.45, 7) is 4.35. The van der Waals surface area contributed by atoms with Gasteiger partial charge in [-0.3, -0.25) is 14.5 Å². The Morgan fingerprint density at radius 1 is 1.11 bits per heavy atom. The first kappa shape index (κ1) is 25.3. The molecule has 13 heteroatoms. The highest BCUT2D eigenvalue weighted by Gasteiger charge is 2.34. The van der Waals surface area contributed by atoms with Crippen LogP contribution in [0.3, 0.4) is 0 Å². The van der Waals surface area contributed by atoms with Crippen LogP contribution in [0.15, 0.2) is 60.0 Å². The van der Waals surface area contributed by atoms with E-state index in [1.807, 2.05) is 32.0 Å². The minimum absolute atomic E-state index is 0.0384. The van der Waals surface area contributed by atoms with E-state index < -0.39 is 21.9 Å². The number of hydrogen-bond donors (Lipinski definition) is 1. The van der Waals surface area contributed by atoms with E-state index in [0.29, 0.717) is 5.69 Å². The van der Waals surface area contributed by atoms with Gasteiger partial charge in [0.2, 0.25) is 11.8 Å². The summed E-state index contributed by atoms with van der Waals surface area (Å²) < 4.78 is 49.1. The maximum Gasteiger partial charge on any atom is 0.267 e. The summed E-state index contributed by atoms with van der Waals surface area (Å²) in [4.78, 5) is 26.5. The zero-order valence-electron chi connectivity index (χ0n) is 20.8. The van der Waals surface area contributed by atoms with Gasteiger partial charge in [0.1, 0.15) is 16.8 Å². The maximum atomic E-state index is 13.5. The van der Waals surface area contributed by atoms with Gasteiger partial charge in [-0.1, -0.05) is 18.2 Å². The van der Waals surface area contributed by atoms with Crippen molar-refractivity contribution in [1.29, 1.82) is 0 Å². The Balaban J connectivity index is 1.40. The van der Waals surface area contributed by atoms with Crippen LogP contribution in [-0.4, -0.2) is 63.2 Å². The number of nitrogens with one attached hydrogen (secondary N) is 1. The molecular formula is C25H24FN7O4S. The molecule has 1 amide bonds. The largest absolute Gasteiger partial charge is 0.470 e. The molecule has 1 fully saturated rings. The second-order valence-corrected chi connectivity index (χ2v) is 10.7. The first-order chi connectivity index (χ1) is 18.1. The minimum atomic E-state index is -4.01. The third kappa shape index (κ3) is 5.18. The lowest BCUT2D eigenvalue weighted by molar-refractivity contribution is 0.0160. The Labute approximate surface area is 218 Å². The smallest absolute Gasteiger partial charge is 0.267 e. The van der Waals surface area contributed by atoms with E-state index in [2.05, 4.69) is 24.8 Å². The molecule has 0 atom stereocenters. The van der Waals surface area contributed by atoms with Gasteiger partial charge >= 0.3 is 0 Å². The summed E-state index contributed by atoms with van der Waals surface area (Å²) in [6.07, 6.45) is 4.53. The normalized spacial score (nSPS) is 13.7. The van der Waals surface area contributed by atoms with Crippen molar-refractivity contribution in [3.63, 3.8) is 0 Å². The number of aromatic nitrogens is 5. The molecule has 1 aliphatic heterocycles. The van der Waals surface area contributed by atoms with E-state index >= 15 is 0 Å². The Morgan fingerprint density at radius 2 is 1.84 bits per heavy atom. The molecule has 0 unspecified atom stereocenters. The first-order valence-corrected chi connectivity index (χ1v) is 13.1. The molecule has 1 aliphatic rings. The zero-order valence-corrected chi connectivity index (χ0v) is 21.6. The van der Waals surface area contributed by atoms with Crippen LogP contribution in [0.25, 0.3) is 11.3 Å². The van der Waals surface area contributed by atoms with Crippen LogP contribution in [0.2, 0.25) is 0 Å². The van der Waals surface area contributed by atoms with Crippen LogP contribution >= 0.6 is 0 Å². The Hall–Kier alpha value is -4.39. The molecule has 1 aromatic carbocycles. The summed E-state index contributed by atoms with van der Waals surface area (Å²) in [5.41, 5.74) is 3.34. The van der Waals surface area contributed by atoms with Gasteiger partial charge in [-0.15, -0.1) is 0 Å². The molecule has 4 heterocycles. The number of rotatable bonds is 7. The summed E-state index contributed by atoms with van der Waals surface area (Å²) in [5.74, 6) is -0.973. The molecule has 0 spiro atoms. The molecular weight excluding hydrogens is 513 g/mol. The highest BCUT2D eigenvalue weighted by molar-refractivity contribution is 7.92. The number of anilines is 1. The molecule has 1 N–H and O–H groups in total. The standard InChI is InChI=1S/C25H24FN7O4S/c1-15-5-4-6-16(2)23(15)21-8-22(30-25(29-21)31-38(35,36)20-11-28-32(3)14-20)37-19-12-33(13-19)24(34)17-7-18(26)10-27-9-17/h4-11,14,19H,12-13H2,1-3H3,(H,29,30,31). The van der Waals surface area contributed by atoms with E-state index in [0.717, 1.165) is 29.0 Å². The number of carbonyl (C=O) groups is 1. The highest BCUT2D eigenvalue weighted by Crippen LogP contribution is 2.30. The number of benzene rings is 1. The molecule has 11 nitrogen and oxygen atoms in total. The number of sulfonamides is 1. The van der Waals surface area contributed by atoms with Gasteiger partial charge in [0, 0.05) is 31.1 Å². The fraction of sp³-hybridized carbons (Fsp3) is 0.240. The summed E-state index contributed by atoms with van der Waals surface area (Å²) in [6, 6.07) is 8.55. The number of likely N-dealkylation sites (tertiary alicyclic amines) is 1. The molecule has 0 saturated carbocycles. The number of pyridine rings is 1. The summed E-state index contributed by atoms with van der Waals surface area (Å²) in [7, 11) is -2.39. The fourth-order valence-corrected chi connectivity index (χ4v) is 5.08. The predicted molar refractivity (Wildman–Crippen MR) is 135 cm³/mol. The summed E-state index contributed by atoms with van der Waals surface area (Å²) >= 11 is 0. The van der Waals surface area contributed by atoms with E-state index in [9.17, 15) is 17.6 Å². The van der Waals surface area contributed by atoms with Crippen molar-refractivity contribution in [1.82, 2.24) is 29.6 Å². The van der Waals surface area contributed by atoms with Crippen molar-refractivity contribution in [2.24, 2.45) is 7.05 Å². The number of halogens is 1. The van der Waals surface area contributed by atoms with Crippen LogP contribution in [0.4, 0.5) is 10.3 Å². The van der Waals surface area contributed by atoms with Crippen LogP contribution in [0.1, 0.15) is 21.5 Å². The number of ether oxygens (including phenoxy) is 1. The Bertz CT molecular complexity index is 1610. The number of nitrogens with zero attached hydrogens (tertiary/aromatic N) is 6. The molecule has 0 aliphatic carbocycles. The van der Waals surface area contributed by atoms with Gasteiger partial charge in [-0.05, 0) is 31.0 Å². The Kier molecular flexibility index (Phi) is 6.53. The number of amides is 1. The monoisotopic (exact) mass is 537 g/mol. The van der Waals surface area contributed by atoms with Crippen molar-refractivity contribution in [3.8, 4) is 17.1 Å². The van der Waals surface area contributed by atoms with Gasteiger partial charge in [-0.25, -0.2) is 22.5 Å². The van der Waals surface area contributed by atoms with Crippen molar-refractivity contribution in [3.05, 3.63) is 77.6 Å². The molecule has 4 aromatic rings. The average molecular weight is 538 g/mol. The lowest BCUT2D eigenvalue weighted by atomic mass is 10.00. The van der Waals surface area contributed by atoms with Crippen LogP contribution in [0.5, 0.6) is 5.88 Å². The van der Waals surface area contributed by atoms with Gasteiger partial charge in [0.15, 0.2) is 0 Å². The SMILES string of the molecule is Cc1cccc(C)c1-c1cc(OC2CN(C(=O)c3cncc(F)c3)C2)nc(NS(=O)(=O)c2cnn(C)c2)n1. The molecule has 1 saturated heterocycles. The molecule has 5 rings (SSSR count). The topological polar surface area (TPSA) is 132 Å². The number of carbonyl (C=O) groups excluding carboxylic acids is 1. The first-order valence-electron chi connectivity index (χ1n) is 11.6. The Morgan fingerprint density at radius 3 is 2.50 bits per heavy atom. The van der Waals surface area contributed by atoms with Crippen molar-refractivity contribution in [2.75, 3.05) is 17.8 Å². The van der Waals surface area contributed by atoms with Gasteiger partial charge in [-0.2, -0.15) is 10.1 Å². The van der Waals surface area contributed by atoms with E-state index in [1.54, 1.807) is 13.1 Å². The van der Waals surface area contributed by atoms with E-state index in [4.69, 9.17) is 4.74 Å². The molecule has 196 valence electrons. The zero-order chi connectivity index (χ0) is 27.0. The summed E-state index contributed by atoms with van der Waals surface area (Å²) in [5, 5.41) is 3.91. The molecule has 38 heavy (non-hydrogen) atoms. The van der Waals surface area contributed by atoms with Gasteiger partial charge in [0.05, 0.1) is 36.7 Å². The lowest BCUT2D eigenvalue weighted by Gasteiger charge is -2.38. The number of aryl methyl sites for hydroxylation is 3. The third-order valence-corrected chi connectivity index (χ3v) is 7.31. The van der Waals surface area contributed by atoms with Gasteiger partial charge < -0.3 is 9.64 Å². The maximum absolute atomic E-state index is 13.5. The van der Waals surface area contributed by atoms with Crippen LogP contribution < -0.4 is 9.46 Å². The van der Waals surface area contributed by atoms with E-state index in [1.165, 1.54) is 28.2 Å². The van der Waals surface area contributed by atoms with Crippen LogP contribution in [0, 0.1) is 19.7 Å². The average Bonchev–Trinajstić information content (AvgIpc) is 3.28. The molecule has 0 bridgehead atoms. The molecule has 0 radical (unpaired) electrons. The quantitative estimate of drug-likeness (QED) is 0.381. The second kappa shape index (κ2) is 9.82. The second-order valence-electron chi connectivity index (χ2n) is 8.98. The van der Waals surface area contributed by atoms with Crippen LogP contribution in [-0.2, 0) is 17.1 Å². The van der Waals surface area contributed by atoms with Crippen molar-refractivity contribution in [2.45, 2.75) is 24.8 Å². The fourth-order valence-electron chi connectivity index (χ4n) is 4.15. The van der Waals surface area contributed by atoms with E-state index in [-0.39, 0.29) is 41.3 Å². The third-order valence-electron chi connectivity index (χ3n) is 6.03. The lowest BCUT2D eigenvalue weighted by Crippen LogP contribution is -2.56. The van der Waals surface area contributed by atoms with Crippen molar-refractivity contribution >= 4 is 21.9 Å². The number of hydrogen-bond acceptors (Lipinski definition) is 8. The van der Waals surface area contributed by atoms with Crippen molar-refractivity contribution < 1.29 is 22.3 Å².